The molecule has 1 aliphatic heterocycles. The second-order valence-corrected chi connectivity index (χ2v) is 5.92. The summed E-state index contributed by atoms with van der Waals surface area (Å²) in [6.45, 7) is 2.49. The quantitative estimate of drug-likeness (QED) is 0.916. The molecular weight excluding hydrogens is 255 g/mol. The molecule has 0 spiro atoms. The molecule has 1 aromatic rings. The summed E-state index contributed by atoms with van der Waals surface area (Å²) in [5.74, 6) is 0.235. The first kappa shape index (κ1) is 13.6. The first-order chi connectivity index (χ1) is 9.74. The lowest BCUT2D eigenvalue weighted by Gasteiger charge is -2.33. The Morgan fingerprint density at radius 3 is 2.85 bits per heavy atom. The van der Waals surface area contributed by atoms with E-state index in [0.717, 1.165) is 31.8 Å². The molecule has 1 saturated heterocycles. The summed E-state index contributed by atoms with van der Waals surface area (Å²) >= 11 is 0. The highest BCUT2D eigenvalue weighted by Gasteiger charge is 2.27. The monoisotopic (exact) mass is 276 g/mol. The van der Waals surface area contributed by atoms with Crippen LogP contribution in [-0.4, -0.2) is 36.5 Å². The maximum Gasteiger partial charge on any atom is 0.256 e. The third kappa shape index (κ3) is 3.18. The number of likely N-dealkylation sites (tertiary alicyclic amines) is 1. The standard InChI is InChI=1S/C16H21FN2O/c17-15-6-2-1-5-14(15)16(20)19-9-3-4-13(11-19)18-10-12-7-8-12/h1-2,5-6,12-13,18H,3-4,7-11H2. The molecule has 2 aliphatic rings. The van der Waals surface area contributed by atoms with Crippen LogP contribution in [-0.2, 0) is 0 Å². The Kier molecular flexibility index (Phi) is 4.01. The minimum absolute atomic E-state index is 0.180. The van der Waals surface area contributed by atoms with E-state index >= 15 is 0 Å². The zero-order chi connectivity index (χ0) is 13.9. The number of nitrogens with zero attached hydrogens (tertiary/aromatic N) is 1. The van der Waals surface area contributed by atoms with Crippen LogP contribution in [0.2, 0.25) is 0 Å². The Morgan fingerprint density at radius 1 is 1.30 bits per heavy atom. The summed E-state index contributed by atoms with van der Waals surface area (Å²) in [6.07, 6.45) is 4.76. The van der Waals surface area contributed by atoms with Crippen molar-refractivity contribution >= 4 is 5.91 Å². The zero-order valence-corrected chi connectivity index (χ0v) is 11.6. The number of hydrogen-bond donors (Lipinski definition) is 1. The highest BCUT2D eigenvalue weighted by Crippen LogP contribution is 2.28. The SMILES string of the molecule is O=C(c1ccccc1F)N1CCCC(NCC2CC2)C1. The second-order valence-electron chi connectivity index (χ2n) is 5.92. The highest BCUT2D eigenvalue weighted by molar-refractivity contribution is 5.94. The Hall–Kier alpha value is -1.42. The van der Waals surface area contributed by atoms with E-state index in [4.69, 9.17) is 0 Å². The molecule has 3 rings (SSSR count). The number of nitrogens with one attached hydrogen (secondary N) is 1. The third-order valence-corrected chi connectivity index (χ3v) is 4.20. The first-order valence-corrected chi connectivity index (χ1v) is 7.51. The summed E-state index contributed by atoms with van der Waals surface area (Å²) in [7, 11) is 0. The van der Waals surface area contributed by atoms with Gasteiger partial charge < -0.3 is 10.2 Å². The van der Waals surface area contributed by atoms with Crippen LogP contribution in [0.15, 0.2) is 24.3 Å². The van der Waals surface area contributed by atoms with Gasteiger partial charge in [-0.2, -0.15) is 0 Å². The summed E-state index contributed by atoms with van der Waals surface area (Å²) in [4.78, 5) is 14.2. The number of hydrogen-bond acceptors (Lipinski definition) is 2. The van der Waals surface area contributed by atoms with Crippen molar-refractivity contribution in [2.75, 3.05) is 19.6 Å². The maximum atomic E-state index is 13.7. The number of rotatable bonds is 4. The molecule has 1 unspecified atom stereocenters. The van der Waals surface area contributed by atoms with Gasteiger partial charge in [0.1, 0.15) is 5.82 Å². The van der Waals surface area contributed by atoms with Gasteiger partial charge in [0.15, 0.2) is 0 Å². The zero-order valence-electron chi connectivity index (χ0n) is 11.6. The number of halogens is 1. The fraction of sp³-hybridized carbons (Fsp3) is 0.562. The molecule has 1 amide bonds. The van der Waals surface area contributed by atoms with E-state index in [1.807, 2.05) is 0 Å². The molecule has 1 heterocycles. The van der Waals surface area contributed by atoms with Gasteiger partial charge in [-0.15, -0.1) is 0 Å². The van der Waals surface area contributed by atoms with E-state index in [1.54, 1.807) is 23.1 Å². The van der Waals surface area contributed by atoms with E-state index in [1.165, 1.54) is 18.9 Å². The summed E-state index contributed by atoms with van der Waals surface area (Å²) in [6, 6.07) is 6.60. The number of amides is 1. The molecule has 0 bridgehead atoms. The van der Waals surface area contributed by atoms with Crippen molar-refractivity contribution in [1.82, 2.24) is 10.2 Å². The van der Waals surface area contributed by atoms with Crippen molar-refractivity contribution in [3.05, 3.63) is 35.6 Å². The molecule has 3 nitrogen and oxygen atoms in total. The minimum Gasteiger partial charge on any atom is -0.337 e. The highest BCUT2D eigenvalue weighted by atomic mass is 19.1. The number of piperidine rings is 1. The lowest BCUT2D eigenvalue weighted by molar-refractivity contribution is 0.0690. The lowest BCUT2D eigenvalue weighted by Crippen LogP contribution is -2.48. The summed E-state index contributed by atoms with van der Waals surface area (Å²) in [5.41, 5.74) is 0.190. The summed E-state index contributed by atoms with van der Waals surface area (Å²) in [5, 5.41) is 3.55. The molecule has 20 heavy (non-hydrogen) atoms. The molecular formula is C16H21FN2O. The third-order valence-electron chi connectivity index (χ3n) is 4.20. The summed E-state index contributed by atoms with van der Waals surface area (Å²) < 4.78 is 13.7. The van der Waals surface area contributed by atoms with E-state index in [2.05, 4.69) is 5.32 Å². The van der Waals surface area contributed by atoms with Crippen LogP contribution >= 0.6 is 0 Å². The van der Waals surface area contributed by atoms with Crippen LogP contribution in [0, 0.1) is 11.7 Å². The molecule has 0 aromatic heterocycles. The predicted molar refractivity (Wildman–Crippen MR) is 76.1 cm³/mol. The molecule has 4 heteroatoms. The van der Waals surface area contributed by atoms with E-state index in [-0.39, 0.29) is 11.5 Å². The van der Waals surface area contributed by atoms with Crippen LogP contribution in [0.25, 0.3) is 0 Å². The molecule has 0 radical (unpaired) electrons. The lowest BCUT2D eigenvalue weighted by atomic mass is 10.0. The smallest absolute Gasteiger partial charge is 0.256 e. The van der Waals surface area contributed by atoms with E-state index in [0.29, 0.717) is 12.6 Å². The average molecular weight is 276 g/mol. The van der Waals surface area contributed by atoms with Crippen LogP contribution in [0.3, 0.4) is 0 Å². The van der Waals surface area contributed by atoms with Gasteiger partial charge in [0.2, 0.25) is 0 Å². The van der Waals surface area contributed by atoms with E-state index < -0.39 is 5.82 Å². The van der Waals surface area contributed by atoms with Crippen molar-refractivity contribution in [3.63, 3.8) is 0 Å². The van der Waals surface area contributed by atoms with Gasteiger partial charge in [-0.25, -0.2) is 4.39 Å². The van der Waals surface area contributed by atoms with Gasteiger partial charge in [0.05, 0.1) is 5.56 Å². The maximum absolute atomic E-state index is 13.7. The second kappa shape index (κ2) is 5.92. The fourth-order valence-corrected chi connectivity index (χ4v) is 2.79. The molecule has 1 N–H and O–H groups in total. The number of carbonyl (C=O) groups is 1. The molecule has 1 aromatic carbocycles. The molecule has 2 fully saturated rings. The topological polar surface area (TPSA) is 32.3 Å². The Balaban J connectivity index is 1.60. The Bertz CT molecular complexity index is 487. The number of benzene rings is 1. The van der Waals surface area contributed by atoms with Gasteiger partial charge in [0, 0.05) is 19.1 Å². The fourth-order valence-electron chi connectivity index (χ4n) is 2.79. The van der Waals surface area contributed by atoms with Gasteiger partial charge in [0.25, 0.3) is 5.91 Å². The average Bonchev–Trinajstić information content (AvgIpc) is 3.29. The van der Waals surface area contributed by atoms with Crippen molar-refractivity contribution in [2.45, 2.75) is 31.7 Å². The van der Waals surface area contributed by atoms with Crippen LogP contribution in [0.1, 0.15) is 36.0 Å². The van der Waals surface area contributed by atoms with Gasteiger partial charge in [-0.3, -0.25) is 4.79 Å². The largest absolute Gasteiger partial charge is 0.337 e. The van der Waals surface area contributed by atoms with Crippen molar-refractivity contribution in [2.24, 2.45) is 5.92 Å². The minimum atomic E-state index is -0.425. The molecule has 108 valence electrons. The molecule has 1 saturated carbocycles. The van der Waals surface area contributed by atoms with Crippen molar-refractivity contribution < 1.29 is 9.18 Å². The number of carbonyl (C=O) groups excluding carboxylic acids is 1. The Morgan fingerprint density at radius 2 is 2.10 bits per heavy atom. The van der Waals surface area contributed by atoms with Crippen molar-refractivity contribution in [1.29, 1.82) is 0 Å². The molecule has 1 atom stereocenters. The normalized spacial score (nSPS) is 22.9. The Labute approximate surface area is 119 Å². The van der Waals surface area contributed by atoms with E-state index in [9.17, 15) is 9.18 Å². The van der Waals surface area contributed by atoms with Crippen molar-refractivity contribution in [3.8, 4) is 0 Å². The van der Waals surface area contributed by atoms with Crippen LogP contribution in [0.4, 0.5) is 4.39 Å². The molecule has 1 aliphatic carbocycles. The van der Waals surface area contributed by atoms with Crippen LogP contribution in [0.5, 0.6) is 0 Å². The predicted octanol–water partition coefficient (Wildman–Crippen LogP) is 2.43. The van der Waals surface area contributed by atoms with Gasteiger partial charge in [-0.05, 0) is 50.3 Å². The van der Waals surface area contributed by atoms with Gasteiger partial charge in [-0.1, -0.05) is 12.1 Å². The first-order valence-electron chi connectivity index (χ1n) is 7.51. The van der Waals surface area contributed by atoms with Crippen LogP contribution < -0.4 is 5.32 Å². The van der Waals surface area contributed by atoms with Gasteiger partial charge >= 0.3 is 0 Å².